The first-order valence-electron chi connectivity index (χ1n) is 9.26. The van der Waals surface area contributed by atoms with Gasteiger partial charge in [0.25, 0.3) is 0 Å². The normalized spacial score (nSPS) is 10.6. The number of rotatable bonds is 10. The summed E-state index contributed by atoms with van der Waals surface area (Å²) in [6.45, 7) is 2.28. The van der Waals surface area contributed by atoms with E-state index in [9.17, 15) is 0 Å². The Balaban J connectivity index is 1.43. The van der Waals surface area contributed by atoms with Crippen molar-refractivity contribution in [2.24, 2.45) is 0 Å². The van der Waals surface area contributed by atoms with E-state index < -0.39 is 0 Å². The second-order valence-electron chi connectivity index (χ2n) is 6.50. The molecule has 0 saturated heterocycles. The summed E-state index contributed by atoms with van der Waals surface area (Å²) in [4.78, 5) is 0. The smallest absolute Gasteiger partial charge is 0.118 e. The van der Waals surface area contributed by atoms with Gasteiger partial charge in [-0.1, -0.05) is 48.5 Å². The number of ether oxygens (including phenoxy) is 4. The van der Waals surface area contributed by atoms with E-state index in [0.717, 1.165) is 33.8 Å². The van der Waals surface area contributed by atoms with Gasteiger partial charge in [-0.3, -0.25) is 0 Å². The van der Waals surface area contributed by atoms with Crippen LogP contribution >= 0.6 is 0 Å². The molecule has 3 aromatic carbocycles. The average molecular weight is 378 g/mol. The molecule has 0 unspecified atom stereocenters. The molecule has 0 N–H and O–H groups in total. The number of methoxy groups -OCH3 is 2. The fourth-order valence-corrected chi connectivity index (χ4v) is 2.83. The summed E-state index contributed by atoms with van der Waals surface area (Å²) in [7, 11) is 3.33. The first-order chi connectivity index (χ1) is 13.8. The molecule has 0 fully saturated rings. The molecule has 3 aromatic rings. The molecule has 28 heavy (non-hydrogen) atoms. The molecule has 0 aliphatic rings. The van der Waals surface area contributed by atoms with Crippen molar-refractivity contribution in [1.29, 1.82) is 0 Å². The summed E-state index contributed by atoms with van der Waals surface area (Å²) in [5, 5.41) is 0. The Morgan fingerprint density at radius 2 is 0.893 bits per heavy atom. The van der Waals surface area contributed by atoms with E-state index in [0.29, 0.717) is 26.4 Å². The van der Waals surface area contributed by atoms with Crippen LogP contribution in [-0.2, 0) is 35.9 Å². The van der Waals surface area contributed by atoms with Gasteiger partial charge < -0.3 is 18.9 Å². The standard InChI is InChI=1S/C24H26O4/c1-25-23-10-6-19(7-11-23)15-27-17-21-4-3-5-22(14-21)18-28-16-20-8-12-24(26-2)13-9-20/h3-14H,15-18H2,1-2H3. The van der Waals surface area contributed by atoms with Gasteiger partial charge in [0.05, 0.1) is 40.6 Å². The van der Waals surface area contributed by atoms with Crippen molar-refractivity contribution in [3.63, 3.8) is 0 Å². The van der Waals surface area contributed by atoms with Crippen molar-refractivity contribution in [3.8, 4) is 11.5 Å². The molecule has 0 saturated carbocycles. The first-order valence-corrected chi connectivity index (χ1v) is 9.26. The van der Waals surface area contributed by atoms with Crippen LogP contribution in [0.2, 0.25) is 0 Å². The molecule has 0 spiro atoms. The second-order valence-corrected chi connectivity index (χ2v) is 6.50. The third-order valence-electron chi connectivity index (χ3n) is 4.38. The molecular weight excluding hydrogens is 352 g/mol. The van der Waals surface area contributed by atoms with Gasteiger partial charge in [0.1, 0.15) is 11.5 Å². The molecule has 0 heterocycles. The van der Waals surface area contributed by atoms with E-state index >= 15 is 0 Å². The molecule has 0 bridgehead atoms. The maximum atomic E-state index is 5.84. The second kappa shape index (κ2) is 10.5. The molecule has 0 aromatic heterocycles. The zero-order valence-corrected chi connectivity index (χ0v) is 16.4. The Kier molecular flexibility index (Phi) is 7.47. The molecule has 0 amide bonds. The molecule has 0 radical (unpaired) electrons. The summed E-state index contributed by atoms with van der Waals surface area (Å²) in [6, 6.07) is 24.1. The van der Waals surface area contributed by atoms with Crippen molar-refractivity contribution in [1.82, 2.24) is 0 Å². The van der Waals surface area contributed by atoms with Crippen LogP contribution in [0, 0.1) is 0 Å². The highest BCUT2D eigenvalue weighted by molar-refractivity contribution is 5.28. The first kappa shape index (κ1) is 19.9. The highest BCUT2D eigenvalue weighted by Crippen LogP contribution is 2.15. The van der Waals surface area contributed by atoms with Gasteiger partial charge in [0.2, 0.25) is 0 Å². The molecular formula is C24H26O4. The van der Waals surface area contributed by atoms with Crippen molar-refractivity contribution in [3.05, 3.63) is 95.1 Å². The maximum absolute atomic E-state index is 5.84. The highest BCUT2D eigenvalue weighted by Gasteiger charge is 2.00. The Bertz CT molecular complexity index is 772. The van der Waals surface area contributed by atoms with E-state index in [1.54, 1.807) is 14.2 Å². The van der Waals surface area contributed by atoms with Crippen LogP contribution in [0.3, 0.4) is 0 Å². The molecule has 3 rings (SSSR count). The van der Waals surface area contributed by atoms with Crippen LogP contribution in [0.1, 0.15) is 22.3 Å². The highest BCUT2D eigenvalue weighted by atomic mass is 16.5. The lowest BCUT2D eigenvalue weighted by molar-refractivity contribution is 0.103. The van der Waals surface area contributed by atoms with Gasteiger partial charge in [0, 0.05) is 0 Å². The molecule has 146 valence electrons. The van der Waals surface area contributed by atoms with Gasteiger partial charge in [-0.25, -0.2) is 0 Å². The fourth-order valence-electron chi connectivity index (χ4n) is 2.83. The van der Waals surface area contributed by atoms with Crippen LogP contribution in [0.4, 0.5) is 0 Å². The van der Waals surface area contributed by atoms with Gasteiger partial charge in [-0.05, 0) is 46.5 Å². The van der Waals surface area contributed by atoms with E-state index in [1.807, 2.05) is 54.6 Å². The third-order valence-corrected chi connectivity index (χ3v) is 4.38. The molecule has 4 nitrogen and oxygen atoms in total. The quantitative estimate of drug-likeness (QED) is 0.490. The average Bonchev–Trinajstić information content (AvgIpc) is 2.75. The lowest BCUT2D eigenvalue weighted by Gasteiger charge is -2.09. The van der Waals surface area contributed by atoms with E-state index in [-0.39, 0.29) is 0 Å². The maximum Gasteiger partial charge on any atom is 0.118 e. The van der Waals surface area contributed by atoms with Crippen molar-refractivity contribution in [2.75, 3.05) is 14.2 Å². The minimum absolute atomic E-state index is 0.568. The number of hydrogen-bond donors (Lipinski definition) is 0. The van der Waals surface area contributed by atoms with Crippen LogP contribution in [0.15, 0.2) is 72.8 Å². The Morgan fingerprint density at radius 3 is 1.29 bits per heavy atom. The third kappa shape index (κ3) is 6.12. The number of benzene rings is 3. The van der Waals surface area contributed by atoms with Crippen molar-refractivity contribution < 1.29 is 18.9 Å². The van der Waals surface area contributed by atoms with Crippen molar-refractivity contribution in [2.45, 2.75) is 26.4 Å². The van der Waals surface area contributed by atoms with Crippen LogP contribution in [0.5, 0.6) is 11.5 Å². The zero-order chi connectivity index (χ0) is 19.6. The van der Waals surface area contributed by atoms with Gasteiger partial charge >= 0.3 is 0 Å². The van der Waals surface area contributed by atoms with Crippen LogP contribution in [-0.4, -0.2) is 14.2 Å². The molecule has 4 heteroatoms. The summed E-state index contributed by atoms with van der Waals surface area (Å²) < 4.78 is 22.0. The SMILES string of the molecule is COc1ccc(COCc2cccc(COCc3ccc(OC)cc3)c2)cc1. The van der Waals surface area contributed by atoms with E-state index in [1.165, 1.54) is 0 Å². The van der Waals surface area contributed by atoms with Gasteiger partial charge in [0.15, 0.2) is 0 Å². The minimum Gasteiger partial charge on any atom is -0.497 e. The summed E-state index contributed by atoms with van der Waals surface area (Å²) >= 11 is 0. The predicted molar refractivity (Wildman–Crippen MR) is 109 cm³/mol. The Labute approximate surface area is 166 Å². The van der Waals surface area contributed by atoms with E-state index in [4.69, 9.17) is 18.9 Å². The summed E-state index contributed by atoms with van der Waals surface area (Å²) in [5.41, 5.74) is 4.53. The summed E-state index contributed by atoms with van der Waals surface area (Å²) in [6.07, 6.45) is 0. The van der Waals surface area contributed by atoms with Crippen LogP contribution < -0.4 is 9.47 Å². The topological polar surface area (TPSA) is 36.9 Å². The molecule has 0 aliphatic carbocycles. The summed E-state index contributed by atoms with van der Waals surface area (Å²) in [5.74, 6) is 1.71. The monoisotopic (exact) mass is 378 g/mol. The molecule has 0 atom stereocenters. The Morgan fingerprint density at radius 1 is 0.500 bits per heavy atom. The minimum atomic E-state index is 0.568. The predicted octanol–water partition coefficient (Wildman–Crippen LogP) is 5.14. The van der Waals surface area contributed by atoms with Gasteiger partial charge in [-0.2, -0.15) is 0 Å². The zero-order valence-electron chi connectivity index (χ0n) is 16.4. The van der Waals surface area contributed by atoms with Crippen LogP contribution in [0.25, 0.3) is 0 Å². The Hall–Kier alpha value is -2.82. The largest absolute Gasteiger partial charge is 0.497 e. The lowest BCUT2D eigenvalue weighted by Crippen LogP contribution is -1.97. The lowest BCUT2D eigenvalue weighted by atomic mass is 10.1. The van der Waals surface area contributed by atoms with Crippen molar-refractivity contribution >= 4 is 0 Å². The van der Waals surface area contributed by atoms with E-state index in [2.05, 4.69) is 18.2 Å². The van der Waals surface area contributed by atoms with Gasteiger partial charge in [-0.15, -0.1) is 0 Å². The number of hydrogen-bond acceptors (Lipinski definition) is 4. The molecule has 0 aliphatic heterocycles. The fraction of sp³-hybridized carbons (Fsp3) is 0.250.